The third-order valence-corrected chi connectivity index (χ3v) is 11.2. The van der Waals surface area contributed by atoms with E-state index in [1.165, 1.54) is 32.1 Å². The molecule has 0 bridgehead atoms. The van der Waals surface area contributed by atoms with E-state index in [1.807, 2.05) is 32.9 Å². The predicted octanol–water partition coefficient (Wildman–Crippen LogP) is 4.05. The molecule has 0 radical (unpaired) electrons. The molecule has 3 N–H and O–H groups in total. The summed E-state index contributed by atoms with van der Waals surface area (Å²) in [5, 5.41) is 33.8. The summed E-state index contributed by atoms with van der Waals surface area (Å²) in [4.78, 5) is 51.9. The molecule has 0 unspecified atom stereocenters. The summed E-state index contributed by atoms with van der Waals surface area (Å²) < 4.78 is 5.22. The molecule has 0 heterocycles. The normalized spacial score (nSPS) is 42.0. The minimum atomic E-state index is -2.01. The van der Waals surface area contributed by atoms with Crippen LogP contribution in [0.5, 0.6) is 0 Å². The van der Waals surface area contributed by atoms with E-state index in [0.717, 1.165) is 0 Å². The maximum Gasteiger partial charge on any atom is 0.303 e. The number of allylic oxidation sites excluding steroid dienone is 4. The number of hydrogen-bond acceptors (Lipinski definition) is 8. The van der Waals surface area contributed by atoms with Crippen molar-refractivity contribution in [1.82, 2.24) is 0 Å². The zero-order valence-corrected chi connectivity index (χ0v) is 25.1. The van der Waals surface area contributed by atoms with Gasteiger partial charge in [0.25, 0.3) is 0 Å². The van der Waals surface area contributed by atoms with Crippen LogP contribution in [0.1, 0.15) is 75.2 Å². The van der Waals surface area contributed by atoms with Gasteiger partial charge in [-0.2, -0.15) is 0 Å². The fourth-order valence-electron chi connectivity index (χ4n) is 8.94. The summed E-state index contributed by atoms with van der Waals surface area (Å²) in [5.41, 5.74) is -6.59. The maximum atomic E-state index is 14.3. The highest BCUT2D eigenvalue weighted by Gasteiger charge is 2.74. The SMILES string of the molecule is CC(=O)OC(C)(C)/C=C/C(=O)[C@](C)(O)[C@H]1[C@H](O)C[C@@]2(C)[C@@H]3C=C[C@H]4[C@@H](C=C(O)C(=O)C4(C)C)[C@]3(C)C(=O)C[C@]12C. The predicted molar refractivity (Wildman–Crippen MR) is 148 cm³/mol. The molecule has 0 aliphatic heterocycles. The Balaban J connectivity index is 1.77. The van der Waals surface area contributed by atoms with E-state index in [4.69, 9.17) is 4.74 Å². The number of rotatable bonds is 5. The highest BCUT2D eigenvalue weighted by atomic mass is 16.6. The monoisotopic (exact) mass is 556 g/mol. The molecule has 2 fully saturated rings. The van der Waals surface area contributed by atoms with Gasteiger partial charge in [-0.25, -0.2) is 0 Å². The number of aliphatic hydroxyl groups is 3. The van der Waals surface area contributed by atoms with Gasteiger partial charge in [0, 0.05) is 36.0 Å². The highest BCUT2D eigenvalue weighted by Crippen LogP contribution is 2.73. The zero-order chi connectivity index (χ0) is 30.4. The second-order valence-electron chi connectivity index (χ2n) is 14.5. The second kappa shape index (κ2) is 8.96. The molecule has 40 heavy (non-hydrogen) atoms. The molecule has 220 valence electrons. The quantitative estimate of drug-likeness (QED) is 0.262. The van der Waals surface area contributed by atoms with Gasteiger partial charge in [0.1, 0.15) is 17.0 Å². The lowest BCUT2D eigenvalue weighted by molar-refractivity contribution is -0.178. The van der Waals surface area contributed by atoms with Gasteiger partial charge >= 0.3 is 5.97 Å². The van der Waals surface area contributed by atoms with Gasteiger partial charge in [-0.05, 0) is 68.1 Å². The van der Waals surface area contributed by atoms with Crippen molar-refractivity contribution in [3.05, 3.63) is 36.1 Å². The molecule has 4 rings (SSSR count). The molecule has 0 amide bonds. The van der Waals surface area contributed by atoms with E-state index in [-0.39, 0.29) is 42.0 Å². The second-order valence-corrected chi connectivity index (χ2v) is 14.5. The highest BCUT2D eigenvalue weighted by molar-refractivity contribution is 6.00. The molecule has 4 aliphatic rings. The number of carbonyl (C=O) groups excluding carboxylic acids is 4. The number of ketones is 3. The van der Waals surface area contributed by atoms with Gasteiger partial charge in [-0.15, -0.1) is 0 Å². The molecule has 8 nitrogen and oxygen atoms in total. The molecule has 9 atom stereocenters. The average Bonchev–Trinajstić information content (AvgIpc) is 3.01. The van der Waals surface area contributed by atoms with Crippen molar-refractivity contribution < 1.29 is 39.2 Å². The van der Waals surface area contributed by atoms with Crippen LogP contribution in [0.3, 0.4) is 0 Å². The van der Waals surface area contributed by atoms with Gasteiger partial charge in [-0.1, -0.05) is 46.8 Å². The van der Waals surface area contributed by atoms with E-state index >= 15 is 0 Å². The maximum absolute atomic E-state index is 14.3. The van der Waals surface area contributed by atoms with Gasteiger partial charge in [0.05, 0.1) is 6.10 Å². The van der Waals surface area contributed by atoms with Crippen molar-refractivity contribution in [2.24, 2.45) is 45.3 Å². The van der Waals surface area contributed by atoms with Crippen LogP contribution < -0.4 is 0 Å². The first kappa shape index (κ1) is 30.4. The van der Waals surface area contributed by atoms with Crippen LogP contribution in [0.25, 0.3) is 0 Å². The van der Waals surface area contributed by atoms with Crippen molar-refractivity contribution in [1.29, 1.82) is 0 Å². The summed E-state index contributed by atoms with van der Waals surface area (Å²) >= 11 is 0. The van der Waals surface area contributed by atoms with Crippen molar-refractivity contribution in [2.75, 3.05) is 0 Å². The molecule has 0 aromatic rings. The standard InChI is InChI=1S/C32H44O8/c1-17(33)40-27(2,3)13-12-23(36)32(9,39)25-21(35)15-29(6)22-11-10-18-19(14-20(34)26(38)28(18,4)5)31(22,8)24(37)16-30(25,29)7/h10-14,18-19,21-22,25,34-35,39H,15-16H2,1-9H3/b13-12+/t18-,19+,21+,22-,25-,29-,30+,31-,32-/m0/s1. The minimum absolute atomic E-state index is 0.0182. The van der Waals surface area contributed by atoms with Crippen molar-refractivity contribution in [3.63, 3.8) is 0 Å². The molecule has 0 aromatic carbocycles. The fourth-order valence-corrected chi connectivity index (χ4v) is 8.94. The molecule has 4 aliphatic carbocycles. The van der Waals surface area contributed by atoms with Crippen LogP contribution in [0, 0.1) is 45.3 Å². The van der Waals surface area contributed by atoms with Crippen molar-refractivity contribution >= 4 is 23.3 Å². The summed E-state index contributed by atoms with van der Waals surface area (Å²) in [6.45, 7) is 15.2. The first-order chi connectivity index (χ1) is 18.1. The Labute approximate surface area is 236 Å². The van der Waals surface area contributed by atoms with E-state index in [2.05, 4.69) is 0 Å². The third-order valence-electron chi connectivity index (χ3n) is 11.2. The van der Waals surface area contributed by atoms with E-state index in [9.17, 15) is 34.5 Å². The molecular formula is C32H44O8. The Bertz CT molecular complexity index is 1250. The van der Waals surface area contributed by atoms with Crippen molar-refractivity contribution in [2.45, 2.75) is 92.5 Å². The van der Waals surface area contributed by atoms with Gasteiger partial charge in [0.15, 0.2) is 11.5 Å². The van der Waals surface area contributed by atoms with Crippen LogP contribution >= 0.6 is 0 Å². The molecular weight excluding hydrogens is 512 g/mol. The smallest absolute Gasteiger partial charge is 0.303 e. The van der Waals surface area contributed by atoms with Crippen molar-refractivity contribution in [3.8, 4) is 0 Å². The fraction of sp³-hybridized carbons (Fsp3) is 0.688. The molecule has 0 aromatic heterocycles. The lowest BCUT2D eigenvalue weighted by atomic mass is 9.39. The third kappa shape index (κ3) is 4.00. The lowest BCUT2D eigenvalue weighted by Crippen LogP contribution is -2.65. The summed E-state index contributed by atoms with van der Waals surface area (Å²) in [5.74, 6) is -3.95. The Morgan fingerprint density at radius 1 is 1.02 bits per heavy atom. The number of carbonyl (C=O) groups is 4. The van der Waals surface area contributed by atoms with Crippen LogP contribution in [-0.2, 0) is 23.9 Å². The molecule has 0 spiro atoms. The van der Waals surface area contributed by atoms with E-state index in [0.29, 0.717) is 0 Å². The van der Waals surface area contributed by atoms with Gasteiger partial charge in [0.2, 0.25) is 5.78 Å². The van der Waals surface area contributed by atoms with Gasteiger partial charge < -0.3 is 20.1 Å². The Kier molecular flexibility index (Phi) is 6.80. The summed E-state index contributed by atoms with van der Waals surface area (Å²) in [6.07, 6.45) is 7.31. The van der Waals surface area contributed by atoms with Crippen LogP contribution in [0.4, 0.5) is 0 Å². The zero-order valence-electron chi connectivity index (χ0n) is 25.1. The first-order valence-corrected chi connectivity index (χ1v) is 14.1. The van der Waals surface area contributed by atoms with Crippen LogP contribution in [0.15, 0.2) is 36.1 Å². The topological polar surface area (TPSA) is 138 Å². The number of aliphatic hydroxyl groups excluding tert-OH is 2. The number of fused-ring (bicyclic) bond motifs is 5. The van der Waals surface area contributed by atoms with E-state index < -0.39 is 62.6 Å². The summed E-state index contributed by atoms with van der Waals surface area (Å²) in [6, 6.07) is 0. The number of hydrogen-bond donors (Lipinski definition) is 3. The van der Waals surface area contributed by atoms with Crippen LogP contribution in [-0.4, -0.2) is 55.9 Å². The average molecular weight is 557 g/mol. The Morgan fingerprint density at radius 2 is 1.62 bits per heavy atom. The Morgan fingerprint density at radius 3 is 2.20 bits per heavy atom. The number of ether oxygens (including phenoxy) is 1. The van der Waals surface area contributed by atoms with Crippen LogP contribution in [0.2, 0.25) is 0 Å². The van der Waals surface area contributed by atoms with Gasteiger partial charge in [-0.3, -0.25) is 19.2 Å². The Hall–Kier alpha value is -2.58. The van der Waals surface area contributed by atoms with E-state index in [1.54, 1.807) is 27.7 Å². The molecule has 0 saturated heterocycles. The lowest BCUT2D eigenvalue weighted by Gasteiger charge is -2.63. The number of Topliss-reactive ketones (excluding diaryl/α,β-unsaturated/α-hetero) is 2. The molecule has 8 heteroatoms. The number of esters is 1. The summed E-state index contributed by atoms with van der Waals surface area (Å²) in [7, 11) is 0. The molecule has 2 saturated carbocycles. The first-order valence-electron chi connectivity index (χ1n) is 14.1. The minimum Gasteiger partial charge on any atom is -0.505 e. The largest absolute Gasteiger partial charge is 0.505 e.